The van der Waals surface area contributed by atoms with E-state index in [1.54, 1.807) is 0 Å². The van der Waals surface area contributed by atoms with Crippen LogP contribution in [0, 0.1) is 0 Å². The number of hydrogen-bond donors (Lipinski definition) is 0. The monoisotopic (exact) mass is 514 g/mol. The highest BCUT2D eigenvalue weighted by Gasteiger charge is 2.45. The first kappa shape index (κ1) is 28.2. The van der Waals surface area contributed by atoms with Crippen LogP contribution >= 0.6 is 7.26 Å². The summed E-state index contributed by atoms with van der Waals surface area (Å²) >= 11 is 0. The maximum Gasteiger partial charge on any atom is 0.116 e. The summed E-state index contributed by atoms with van der Waals surface area (Å²) in [6.45, 7) is 2.29. The zero-order chi connectivity index (χ0) is 24.2. The number of benzene rings is 4. The molecule has 4 rings (SSSR count). The van der Waals surface area contributed by atoms with Crippen molar-refractivity contribution in [2.24, 2.45) is 0 Å². The fraction of sp³-hybridized carbons (Fsp3) is 0.294. The number of aryl methyl sites for hydroxylation is 1. The first-order chi connectivity index (χ1) is 17.3. The summed E-state index contributed by atoms with van der Waals surface area (Å²) < 4.78 is 0. The van der Waals surface area contributed by atoms with Gasteiger partial charge in [0.15, 0.2) is 0 Å². The molecule has 0 bridgehead atoms. The van der Waals surface area contributed by atoms with E-state index in [9.17, 15) is 0 Å². The van der Waals surface area contributed by atoms with E-state index >= 15 is 0 Å². The van der Waals surface area contributed by atoms with Gasteiger partial charge in [0, 0.05) is 0 Å². The van der Waals surface area contributed by atoms with Crippen LogP contribution in [0.5, 0.6) is 0 Å². The third-order valence-electron chi connectivity index (χ3n) is 7.10. The van der Waals surface area contributed by atoms with E-state index in [0.717, 1.165) is 6.16 Å². The fourth-order valence-corrected chi connectivity index (χ4v) is 9.38. The molecule has 188 valence electrons. The van der Waals surface area contributed by atoms with Crippen LogP contribution in [0.4, 0.5) is 0 Å². The van der Waals surface area contributed by atoms with Crippen molar-refractivity contribution in [3.8, 4) is 0 Å². The van der Waals surface area contributed by atoms with Gasteiger partial charge < -0.3 is 12.4 Å². The molecular formula is C34H40ClP. The lowest BCUT2D eigenvalue weighted by Crippen LogP contribution is -3.00. The summed E-state index contributed by atoms with van der Waals surface area (Å²) in [4.78, 5) is 0. The van der Waals surface area contributed by atoms with Gasteiger partial charge in [0.2, 0.25) is 0 Å². The minimum Gasteiger partial charge on any atom is -1.00 e. The van der Waals surface area contributed by atoms with Crippen LogP contribution in [0.25, 0.3) is 0 Å². The molecule has 0 amide bonds. The predicted molar refractivity (Wildman–Crippen MR) is 157 cm³/mol. The van der Waals surface area contributed by atoms with Crippen LogP contribution in [-0.2, 0) is 12.6 Å². The molecule has 0 fully saturated rings. The van der Waals surface area contributed by atoms with Gasteiger partial charge >= 0.3 is 0 Å². The standard InChI is InChI=1S/C34H40P.ClH/c1-2-3-4-5-6-7-11-18-30-25-27-31(28-26-30)29-35(32-19-12-8-13-20-32,33-21-14-9-15-22-33)34-23-16-10-17-24-34;/h8-10,12-17,19-28H,2-7,11,18,29H2,1H3;1H/q+1;/p-1. The molecule has 2 heteroatoms. The lowest BCUT2D eigenvalue weighted by atomic mass is 10.0. The molecule has 0 aromatic heterocycles. The summed E-state index contributed by atoms with van der Waals surface area (Å²) in [5, 5.41) is 4.35. The van der Waals surface area contributed by atoms with Crippen molar-refractivity contribution in [3.05, 3.63) is 126 Å². The molecule has 0 spiro atoms. The topological polar surface area (TPSA) is 0 Å². The maximum atomic E-state index is 2.39. The van der Waals surface area contributed by atoms with Gasteiger partial charge in [-0.05, 0) is 60.4 Å². The van der Waals surface area contributed by atoms with E-state index < -0.39 is 7.26 Å². The Morgan fingerprint density at radius 2 is 0.833 bits per heavy atom. The normalized spacial score (nSPS) is 11.1. The Hall–Kier alpha value is -2.40. The Morgan fingerprint density at radius 1 is 0.444 bits per heavy atom. The van der Waals surface area contributed by atoms with E-state index in [-0.39, 0.29) is 12.4 Å². The summed E-state index contributed by atoms with van der Waals surface area (Å²) in [5.74, 6) is 0. The van der Waals surface area contributed by atoms with Gasteiger partial charge in [-0.3, -0.25) is 0 Å². The van der Waals surface area contributed by atoms with Gasteiger partial charge in [-0.15, -0.1) is 0 Å². The molecule has 36 heavy (non-hydrogen) atoms. The molecule has 0 aliphatic heterocycles. The van der Waals surface area contributed by atoms with Gasteiger partial charge in [-0.2, -0.15) is 0 Å². The summed E-state index contributed by atoms with van der Waals surface area (Å²) in [6, 6.07) is 43.1. The van der Waals surface area contributed by atoms with Crippen molar-refractivity contribution in [3.63, 3.8) is 0 Å². The van der Waals surface area contributed by atoms with E-state index in [0.29, 0.717) is 0 Å². The molecular weight excluding hydrogens is 475 g/mol. The largest absolute Gasteiger partial charge is 1.00 e. The molecule has 0 radical (unpaired) electrons. The van der Waals surface area contributed by atoms with Crippen molar-refractivity contribution >= 4 is 23.2 Å². The molecule has 0 nitrogen and oxygen atoms in total. The molecule has 0 heterocycles. The van der Waals surface area contributed by atoms with Crippen LogP contribution in [0.15, 0.2) is 115 Å². The van der Waals surface area contributed by atoms with E-state index in [2.05, 4.69) is 122 Å². The Bertz CT molecular complexity index is 1010. The SMILES string of the molecule is CCCCCCCCCc1ccc(C[P+](c2ccccc2)(c2ccccc2)c2ccccc2)cc1.[Cl-]. The smallest absolute Gasteiger partial charge is 0.116 e. The summed E-state index contributed by atoms with van der Waals surface area (Å²) in [7, 11) is -1.83. The van der Waals surface area contributed by atoms with Crippen LogP contribution < -0.4 is 28.3 Å². The maximum absolute atomic E-state index is 2.39. The molecule has 0 unspecified atom stereocenters. The van der Waals surface area contributed by atoms with Gasteiger partial charge in [-0.1, -0.05) is 124 Å². The van der Waals surface area contributed by atoms with Crippen LogP contribution in [-0.4, -0.2) is 0 Å². The Kier molecular flexibility index (Phi) is 11.7. The molecule has 0 aliphatic rings. The molecule has 4 aromatic carbocycles. The number of rotatable bonds is 13. The van der Waals surface area contributed by atoms with Crippen LogP contribution in [0.1, 0.15) is 63.0 Å². The van der Waals surface area contributed by atoms with E-state index in [1.165, 1.54) is 78.4 Å². The first-order valence-electron chi connectivity index (χ1n) is 13.5. The highest BCUT2D eigenvalue weighted by molar-refractivity contribution is 7.95. The van der Waals surface area contributed by atoms with Crippen molar-refractivity contribution in [2.75, 3.05) is 0 Å². The van der Waals surface area contributed by atoms with Crippen molar-refractivity contribution in [1.29, 1.82) is 0 Å². The minimum atomic E-state index is -1.83. The number of halogens is 1. The van der Waals surface area contributed by atoms with Crippen LogP contribution in [0.3, 0.4) is 0 Å². The Balaban J connectivity index is 0.00000361. The second-order valence-electron chi connectivity index (χ2n) is 9.66. The predicted octanol–water partition coefficient (Wildman–Crippen LogP) is 5.48. The van der Waals surface area contributed by atoms with Crippen molar-refractivity contribution < 1.29 is 12.4 Å². The fourth-order valence-electron chi connectivity index (χ4n) is 5.14. The molecule has 4 aromatic rings. The molecule has 0 N–H and O–H groups in total. The zero-order valence-electron chi connectivity index (χ0n) is 21.7. The lowest BCUT2D eigenvalue weighted by molar-refractivity contribution is -0.00000706. The molecule has 0 atom stereocenters. The first-order valence-corrected chi connectivity index (χ1v) is 15.4. The highest BCUT2D eigenvalue weighted by atomic mass is 35.5. The van der Waals surface area contributed by atoms with Crippen molar-refractivity contribution in [2.45, 2.75) is 64.5 Å². The second-order valence-corrected chi connectivity index (χ2v) is 13.1. The Labute approximate surface area is 225 Å². The second kappa shape index (κ2) is 15.0. The van der Waals surface area contributed by atoms with E-state index in [1.807, 2.05) is 0 Å². The average Bonchev–Trinajstić information content (AvgIpc) is 2.93. The highest BCUT2D eigenvalue weighted by Crippen LogP contribution is 2.58. The van der Waals surface area contributed by atoms with Gasteiger partial charge in [-0.25, -0.2) is 0 Å². The zero-order valence-corrected chi connectivity index (χ0v) is 23.3. The van der Waals surface area contributed by atoms with Gasteiger partial charge in [0.1, 0.15) is 23.2 Å². The number of unbranched alkanes of at least 4 members (excludes halogenated alkanes) is 6. The summed E-state index contributed by atoms with van der Waals surface area (Å²) in [6.07, 6.45) is 11.8. The summed E-state index contributed by atoms with van der Waals surface area (Å²) in [5.41, 5.74) is 2.91. The molecule has 0 saturated heterocycles. The Morgan fingerprint density at radius 3 is 1.28 bits per heavy atom. The average molecular weight is 515 g/mol. The third kappa shape index (κ3) is 7.32. The molecule has 0 aliphatic carbocycles. The molecule has 0 saturated carbocycles. The van der Waals surface area contributed by atoms with Crippen LogP contribution in [0.2, 0.25) is 0 Å². The third-order valence-corrected chi connectivity index (χ3v) is 11.5. The van der Waals surface area contributed by atoms with Gasteiger partial charge in [0.05, 0.1) is 6.16 Å². The minimum absolute atomic E-state index is 0. The number of hydrogen-bond acceptors (Lipinski definition) is 0. The van der Waals surface area contributed by atoms with Gasteiger partial charge in [0.25, 0.3) is 0 Å². The quantitative estimate of drug-likeness (QED) is 0.164. The lowest BCUT2D eigenvalue weighted by Gasteiger charge is -2.28. The van der Waals surface area contributed by atoms with Crippen molar-refractivity contribution in [1.82, 2.24) is 0 Å². The van der Waals surface area contributed by atoms with E-state index in [4.69, 9.17) is 0 Å².